The molecule has 1 fully saturated rings. The zero-order valence-electron chi connectivity index (χ0n) is 13.7. The van der Waals surface area contributed by atoms with E-state index in [1.165, 1.54) is 4.90 Å². The van der Waals surface area contributed by atoms with Crippen LogP contribution in [0.3, 0.4) is 0 Å². The van der Waals surface area contributed by atoms with Crippen LogP contribution < -0.4 is 0 Å². The summed E-state index contributed by atoms with van der Waals surface area (Å²) in [6, 6.07) is 9.68. The van der Waals surface area contributed by atoms with Crippen LogP contribution in [0.2, 0.25) is 0 Å². The van der Waals surface area contributed by atoms with Crippen molar-refractivity contribution in [3.8, 4) is 0 Å². The monoisotopic (exact) mass is 315 g/mol. The van der Waals surface area contributed by atoms with Crippen molar-refractivity contribution >= 4 is 12.0 Å². The molecule has 0 unspecified atom stereocenters. The van der Waals surface area contributed by atoms with Crippen LogP contribution in [0, 0.1) is 5.92 Å². The molecule has 2 rings (SSSR count). The van der Waals surface area contributed by atoms with Gasteiger partial charge in [-0.3, -0.25) is 4.79 Å². The molecule has 1 aliphatic rings. The van der Waals surface area contributed by atoms with Gasteiger partial charge in [-0.05, 0) is 31.2 Å². The van der Waals surface area contributed by atoms with Gasteiger partial charge in [-0.15, -0.1) is 6.58 Å². The van der Waals surface area contributed by atoms with Crippen LogP contribution in [-0.4, -0.2) is 29.5 Å². The highest BCUT2D eigenvalue weighted by Gasteiger charge is 2.39. The van der Waals surface area contributed by atoms with E-state index >= 15 is 0 Å². The standard InChI is InChI=1S/C19H25NO3/c1-3-4-5-7-10-15(2)18(21)20-17(14-23-19(20)22)13-16-11-8-6-9-12-16/h3,6,8-9,11-12,15,17H,1,4-5,7,10,13-14H2,2H3/t15-,17-/m0/s1. The average molecular weight is 315 g/mol. The van der Waals surface area contributed by atoms with Gasteiger partial charge in [0, 0.05) is 5.92 Å². The highest BCUT2D eigenvalue weighted by Crippen LogP contribution is 2.22. The van der Waals surface area contributed by atoms with Crippen molar-refractivity contribution in [1.29, 1.82) is 0 Å². The van der Waals surface area contributed by atoms with Gasteiger partial charge in [-0.25, -0.2) is 9.69 Å². The topological polar surface area (TPSA) is 46.6 Å². The lowest BCUT2D eigenvalue weighted by molar-refractivity contribution is -0.133. The number of carbonyl (C=O) groups excluding carboxylic acids is 2. The van der Waals surface area contributed by atoms with Crippen molar-refractivity contribution in [1.82, 2.24) is 4.90 Å². The second-order valence-electron chi connectivity index (χ2n) is 6.10. The molecule has 0 aromatic heterocycles. The summed E-state index contributed by atoms with van der Waals surface area (Å²) >= 11 is 0. The summed E-state index contributed by atoms with van der Waals surface area (Å²) in [5.41, 5.74) is 1.10. The lowest BCUT2D eigenvalue weighted by Gasteiger charge is -2.23. The van der Waals surface area contributed by atoms with Crippen LogP contribution in [0.4, 0.5) is 4.79 Å². The van der Waals surface area contributed by atoms with Crippen LogP contribution in [0.15, 0.2) is 43.0 Å². The number of rotatable bonds is 8. The van der Waals surface area contributed by atoms with Crippen molar-refractivity contribution in [2.75, 3.05) is 6.61 Å². The van der Waals surface area contributed by atoms with E-state index in [9.17, 15) is 9.59 Å². The number of benzene rings is 1. The third kappa shape index (κ3) is 4.68. The molecule has 0 N–H and O–H groups in total. The van der Waals surface area contributed by atoms with Gasteiger partial charge in [0.05, 0.1) is 6.04 Å². The second kappa shape index (κ2) is 8.51. The van der Waals surface area contributed by atoms with Crippen LogP contribution in [-0.2, 0) is 16.0 Å². The lowest BCUT2D eigenvalue weighted by atomic mass is 10.00. The molecular formula is C19H25NO3. The van der Waals surface area contributed by atoms with E-state index in [0.717, 1.165) is 31.2 Å². The van der Waals surface area contributed by atoms with Crippen LogP contribution >= 0.6 is 0 Å². The number of hydrogen-bond acceptors (Lipinski definition) is 3. The molecule has 0 bridgehead atoms. The maximum Gasteiger partial charge on any atom is 0.416 e. The number of nitrogens with zero attached hydrogens (tertiary/aromatic N) is 1. The zero-order valence-corrected chi connectivity index (χ0v) is 13.7. The molecule has 23 heavy (non-hydrogen) atoms. The summed E-state index contributed by atoms with van der Waals surface area (Å²) in [5.74, 6) is -0.282. The lowest BCUT2D eigenvalue weighted by Crippen LogP contribution is -2.43. The highest BCUT2D eigenvalue weighted by atomic mass is 16.6. The van der Waals surface area contributed by atoms with E-state index in [2.05, 4.69) is 6.58 Å². The van der Waals surface area contributed by atoms with E-state index in [0.29, 0.717) is 6.42 Å². The van der Waals surface area contributed by atoms with Crippen molar-refractivity contribution in [2.24, 2.45) is 5.92 Å². The first kappa shape index (κ1) is 17.3. The molecule has 4 heteroatoms. The third-order valence-electron chi connectivity index (χ3n) is 4.23. The quantitative estimate of drug-likeness (QED) is 0.539. The molecule has 1 heterocycles. The van der Waals surface area contributed by atoms with E-state index in [1.54, 1.807) is 0 Å². The molecule has 1 aromatic rings. The van der Waals surface area contributed by atoms with Crippen LogP contribution in [0.5, 0.6) is 0 Å². The van der Waals surface area contributed by atoms with Crippen molar-refractivity contribution in [2.45, 2.75) is 45.1 Å². The Kier molecular flexibility index (Phi) is 6.39. The molecule has 0 spiro atoms. The Morgan fingerprint density at radius 2 is 2.13 bits per heavy atom. The van der Waals surface area contributed by atoms with Gasteiger partial charge in [-0.2, -0.15) is 0 Å². The Morgan fingerprint density at radius 1 is 1.39 bits per heavy atom. The van der Waals surface area contributed by atoms with Crippen molar-refractivity contribution in [3.63, 3.8) is 0 Å². The predicted octanol–water partition coefficient (Wildman–Crippen LogP) is 3.96. The second-order valence-corrected chi connectivity index (χ2v) is 6.10. The number of imide groups is 1. The summed E-state index contributed by atoms with van der Waals surface area (Å²) in [7, 11) is 0. The van der Waals surface area contributed by atoms with E-state index in [4.69, 9.17) is 4.74 Å². The maximum absolute atomic E-state index is 12.6. The molecule has 124 valence electrons. The molecule has 2 atom stereocenters. The van der Waals surface area contributed by atoms with E-state index in [-0.39, 0.29) is 24.5 Å². The van der Waals surface area contributed by atoms with Gasteiger partial charge in [0.25, 0.3) is 0 Å². The van der Waals surface area contributed by atoms with Crippen LogP contribution in [0.1, 0.15) is 38.2 Å². The smallest absolute Gasteiger partial charge is 0.416 e. The number of hydrogen-bond donors (Lipinski definition) is 0. The summed E-state index contributed by atoms with van der Waals surface area (Å²) in [6.07, 6.45) is 5.76. The molecule has 0 radical (unpaired) electrons. The number of ether oxygens (including phenoxy) is 1. The third-order valence-corrected chi connectivity index (χ3v) is 4.23. The summed E-state index contributed by atoms with van der Waals surface area (Å²) in [5, 5.41) is 0. The average Bonchev–Trinajstić information content (AvgIpc) is 2.92. The Bertz CT molecular complexity index is 541. The molecule has 4 nitrogen and oxygen atoms in total. The molecule has 0 aliphatic carbocycles. The first-order chi connectivity index (χ1) is 11.1. The largest absolute Gasteiger partial charge is 0.447 e. The first-order valence-corrected chi connectivity index (χ1v) is 8.28. The fourth-order valence-corrected chi connectivity index (χ4v) is 2.87. The van der Waals surface area contributed by atoms with Gasteiger partial charge in [0.2, 0.25) is 5.91 Å². The molecule has 0 saturated carbocycles. The number of unbranched alkanes of at least 4 members (excludes halogenated alkanes) is 2. The summed E-state index contributed by atoms with van der Waals surface area (Å²) in [6.45, 7) is 5.87. The van der Waals surface area contributed by atoms with Gasteiger partial charge in [0.15, 0.2) is 0 Å². The van der Waals surface area contributed by atoms with Gasteiger partial charge in [0.1, 0.15) is 6.61 Å². The summed E-state index contributed by atoms with van der Waals surface area (Å²) in [4.78, 5) is 25.9. The minimum absolute atomic E-state index is 0.118. The Labute approximate surface area is 138 Å². The SMILES string of the molecule is C=CCCCC[C@H](C)C(=O)N1C(=O)OC[C@@H]1Cc1ccccc1. The van der Waals surface area contributed by atoms with Gasteiger partial charge in [-0.1, -0.05) is 49.8 Å². The number of cyclic esters (lactones) is 1. The van der Waals surface area contributed by atoms with E-state index < -0.39 is 6.09 Å². The van der Waals surface area contributed by atoms with Crippen molar-refractivity contribution < 1.29 is 14.3 Å². The zero-order chi connectivity index (χ0) is 16.7. The maximum atomic E-state index is 12.6. The van der Waals surface area contributed by atoms with Gasteiger partial charge >= 0.3 is 6.09 Å². The molecule has 1 saturated heterocycles. The Hall–Kier alpha value is -2.10. The highest BCUT2D eigenvalue weighted by molar-refractivity contribution is 5.94. The minimum Gasteiger partial charge on any atom is -0.447 e. The molecule has 2 amide bonds. The number of carbonyl (C=O) groups is 2. The Morgan fingerprint density at radius 3 is 2.83 bits per heavy atom. The number of amides is 2. The molecule has 1 aliphatic heterocycles. The number of allylic oxidation sites excluding steroid dienone is 1. The summed E-state index contributed by atoms with van der Waals surface area (Å²) < 4.78 is 5.12. The predicted molar refractivity (Wildman–Crippen MR) is 90.0 cm³/mol. The molecule has 1 aromatic carbocycles. The Balaban J connectivity index is 1.95. The normalized spacial score (nSPS) is 18.6. The van der Waals surface area contributed by atoms with Crippen molar-refractivity contribution in [3.05, 3.63) is 48.6 Å². The first-order valence-electron chi connectivity index (χ1n) is 8.28. The minimum atomic E-state index is -0.506. The van der Waals surface area contributed by atoms with Crippen LogP contribution in [0.25, 0.3) is 0 Å². The fraction of sp³-hybridized carbons (Fsp3) is 0.474. The van der Waals surface area contributed by atoms with E-state index in [1.807, 2.05) is 43.3 Å². The van der Waals surface area contributed by atoms with Gasteiger partial charge < -0.3 is 4.74 Å². The molecular weight excluding hydrogens is 290 g/mol. The fourth-order valence-electron chi connectivity index (χ4n) is 2.87.